The van der Waals surface area contributed by atoms with Crippen LogP contribution in [0.4, 0.5) is 11.5 Å². The van der Waals surface area contributed by atoms with Crippen molar-refractivity contribution in [3.8, 4) is 0 Å². The first kappa shape index (κ1) is 16.3. The Morgan fingerprint density at radius 2 is 2.00 bits per heavy atom. The normalized spacial score (nSPS) is 10.7. The highest BCUT2D eigenvalue weighted by molar-refractivity contribution is 5.60. The number of anilines is 2. The molecule has 1 aromatic rings. The summed E-state index contributed by atoms with van der Waals surface area (Å²) < 4.78 is 1.39. The molecule has 0 fully saturated rings. The Balaban J connectivity index is 2.79. The molecule has 7 nitrogen and oxygen atoms in total. The maximum absolute atomic E-state index is 11.8. The number of nitrogens with zero attached hydrogens (tertiary/aromatic N) is 1. The van der Waals surface area contributed by atoms with Crippen LogP contribution in [-0.4, -0.2) is 27.8 Å². The van der Waals surface area contributed by atoms with Gasteiger partial charge in [-0.2, -0.15) is 0 Å². The van der Waals surface area contributed by atoms with E-state index in [4.69, 9.17) is 10.8 Å². The second-order valence-corrected chi connectivity index (χ2v) is 4.74. The van der Waals surface area contributed by atoms with E-state index in [9.17, 15) is 9.59 Å². The molecule has 0 aliphatic rings. The van der Waals surface area contributed by atoms with Crippen LogP contribution in [0.15, 0.2) is 9.59 Å². The zero-order valence-electron chi connectivity index (χ0n) is 11.9. The van der Waals surface area contributed by atoms with Crippen molar-refractivity contribution < 1.29 is 5.11 Å². The molecule has 5 N–H and O–H groups in total. The van der Waals surface area contributed by atoms with E-state index in [1.165, 1.54) is 4.57 Å². The zero-order valence-corrected chi connectivity index (χ0v) is 11.9. The second kappa shape index (κ2) is 8.42. The lowest BCUT2D eigenvalue weighted by Crippen LogP contribution is -2.34. The Hall–Kier alpha value is -1.76. The zero-order chi connectivity index (χ0) is 15.0. The average Bonchev–Trinajstić information content (AvgIpc) is 2.41. The summed E-state index contributed by atoms with van der Waals surface area (Å²) in [6, 6.07) is 0. The molecule has 0 aliphatic carbocycles. The summed E-state index contributed by atoms with van der Waals surface area (Å²) in [5, 5.41) is 11.7. The molecule has 114 valence electrons. The summed E-state index contributed by atoms with van der Waals surface area (Å²) in [6.07, 6.45) is 4.20. The third-order valence-corrected chi connectivity index (χ3v) is 3.11. The number of hydrogen-bond acceptors (Lipinski definition) is 5. The number of aromatic amines is 1. The molecule has 0 amide bonds. The van der Waals surface area contributed by atoms with Gasteiger partial charge >= 0.3 is 5.69 Å². The molecule has 0 bridgehead atoms. The average molecular weight is 284 g/mol. The molecule has 0 aliphatic heterocycles. The van der Waals surface area contributed by atoms with Crippen LogP contribution in [-0.2, 0) is 6.54 Å². The molecule has 0 atom stereocenters. The number of nitrogens with two attached hydrogens (primary N) is 1. The standard InChI is InChI=1S/C13H24N4O3/c1-2-3-8-17-11(14)10(12(19)16-13(17)20)15-7-5-4-6-9-18/h15,18H,2-9,14H2,1H3,(H,16,19,20). The molecule has 7 heteroatoms. The number of aliphatic hydroxyl groups excluding tert-OH is 1. The molecule has 1 heterocycles. The van der Waals surface area contributed by atoms with Crippen molar-refractivity contribution in [2.45, 2.75) is 45.6 Å². The summed E-state index contributed by atoms with van der Waals surface area (Å²) in [7, 11) is 0. The van der Waals surface area contributed by atoms with E-state index in [2.05, 4.69) is 10.3 Å². The van der Waals surface area contributed by atoms with Gasteiger partial charge in [-0.05, 0) is 25.7 Å². The van der Waals surface area contributed by atoms with E-state index in [1.54, 1.807) is 0 Å². The highest BCUT2D eigenvalue weighted by Crippen LogP contribution is 2.11. The van der Waals surface area contributed by atoms with E-state index in [1.807, 2.05) is 6.92 Å². The van der Waals surface area contributed by atoms with Gasteiger partial charge in [0.1, 0.15) is 11.5 Å². The van der Waals surface area contributed by atoms with Gasteiger partial charge in [0.15, 0.2) is 0 Å². The van der Waals surface area contributed by atoms with E-state index in [0.717, 1.165) is 32.1 Å². The van der Waals surface area contributed by atoms with Crippen molar-refractivity contribution in [1.29, 1.82) is 0 Å². The highest BCUT2D eigenvalue weighted by atomic mass is 16.3. The molecule has 1 aromatic heterocycles. The molecule has 0 radical (unpaired) electrons. The molecule has 0 saturated heterocycles. The van der Waals surface area contributed by atoms with Crippen LogP contribution in [0, 0.1) is 0 Å². The van der Waals surface area contributed by atoms with Crippen molar-refractivity contribution in [1.82, 2.24) is 9.55 Å². The lowest BCUT2D eigenvalue weighted by molar-refractivity contribution is 0.283. The molecule has 0 spiro atoms. The number of aromatic nitrogens is 2. The van der Waals surface area contributed by atoms with Crippen molar-refractivity contribution in [2.75, 3.05) is 24.2 Å². The van der Waals surface area contributed by atoms with E-state index >= 15 is 0 Å². The smallest absolute Gasteiger partial charge is 0.330 e. The summed E-state index contributed by atoms with van der Waals surface area (Å²) in [5.41, 5.74) is 5.21. The number of nitrogens with one attached hydrogen (secondary N) is 2. The molecule has 0 aromatic carbocycles. The van der Waals surface area contributed by atoms with Gasteiger partial charge in [-0.1, -0.05) is 13.3 Å². The van der Waals surface area contributed by atoms with Crippen molar-refractivity contribution in [2.24, 2.45) is 0 Å². The number of unbranched alkanes of at least 4 members (excludes halogenated alkanes) is 3. The van der Waals surface area contributed by atoms with Gasteiger partial charge < -0.3 is 16.2 Å². The van der Waals surface area contributed by atoms with Gasteiger partial charge in [-0.15, -0.1) is 0 Å². The highest BCUT2D eigenvalue weighted by Gasteiger charge is 2.11. The molecular formula is C13H24N4O3. The van der Waals surface area contributed by atoms with Crippen LogP contribution in [0.5, 0.6) is 0 Å². The first-order valence-corrected chi connectivity index (χ1v) is 7.09. The van der Waals surface area contributed by atoms with Crippen molar-refractivity contribution in [3.05, 3.63) is 20.8 Å². The third kappa shape index (κ3) is 4.41. The fraction of sp³-hybridized carbons (Fsp3) is 0.692. The molecule has 0 saturated carbocycles. The summed E-state index contributed by atoms with van der Waals surface area (Å²) in [5.74, 6) is 0.189. The Kier molecular flexibility index (Phi) is 6.86. The molecule has 0 unspecified atom stereocenters. The van der Waals surface area contributed by atoms with Gasteiger partial charge in [0.2, 0.25) is 0 Å². The predicted octanol–water partition coefficient (Wildman–Crippen LogP) is 0.493. The molecule has 1 rings (SSSR count). The van der Waals surface area contributed by atoms with Crippen molar-refractivity contribution >= 4 is 11.5 Å². The topological polar surface area (TPSA) is 113 Å². The van der Waals surface area contributed by atoms with Gasteiger partial charge in [0.05, 0.1) is 0 Å². The first-order chi connectivity index (χ1) is 9.61. The minimum atomic E-state index is -0.484. The van der Waals surface area contributed by atoms with E-state index < -0.39 is 11.2 Å². The summed E-state index contributed by atoms with van der Waals surface area (Å²) in [4.78, 5) is 25.7. The molecule has 20 heavy (non-hydrogen) atoms. The predicted molar refractivity (Wildman–Crippen MR) is 80.1 cm³/mol. The number of aliphatic hydroxyl groups is 1. The van der Waals surface area contributed by atoms with E-state index in [0.29, 0.717) is 13.1 Å². The monoisotopic (exact) mass is 284 g/mol. The summed E-state index contributed by atoms with van der Waals surface area (Å²) in [6.45, 7) is 3.27. The molecular weight excluding hydrogens is 260 g/mol. The third-order valence-electron chi connectivity index (χ3n) is 3.11. The first-order valence-electron chi connectivity index (χ1n) is 7.09. The van der Waals surface area contributed by atoms with Crippen LogP contribution in [0.2, 0.25) is 0 Å². The summed E-state index contributed by atoms with van der Waals surface area (Å²) >= 11 is 0. The SMILES string of the molecule is CCCCn1c(N)c(NCCCCCO)c(=O)[nH]c1=O. The Labute approximate surface area is 117 Å². The maximum atomic E-state index is 11.8. The van der Waals surface area contributed by atoms with Gasteiger partial charge in [0.25, 0.3) is 5.56 Å². The lowest BCUT2D eigenvalue weighted by Gasteiger charge is -2.13. The number of rotatable bonds is 9. The Bertz CT molecular complexity index is 521. The number of nitrogen functional groups attached to an aromatic ring is 1. The van der Waals surface area contributed by atoms with Crippen LogP contribution in [0.25, 0.3) is 0 Å². The lowest BCUT2D eigenvalue weighted by atomic mass is 10.2. The van der Waals surface area contributed by atoms with Crippen LogP contribution >= 0.6 is 0 Å². The minimum Gasteiger partial charge on any atom is -0.396 e. The van der Waals surface area contributed by atoms with Crippen molar-refractivity contribution in [3.63, 3.8) is 0 Å². The van der Waals surface area contributed by atoms with Crippen LogP contribution in [0.1, 0.15) is 39.0 Å². The fourth-order valence-electron chi connectivity index (χ4n) is 1.92. The Morgan fingerprint density at radius 1 is 1.25 bits per heavy atom. The quantitative estimate of drug-likeness (QED) is 0.493. The van der Waals surface area contributed by atoms with Gasteiger partial charge in [-0.25, -0.2) is 4.79 Å². The largest absolute Gasteiger partial charge is 0.396 e. The van der Waals surface area contributed by atoms with Gasteiger partial charge in [-0.3, -0.25) is 14.3 Å². The maximum Gasteiger partial charge on any atom is 0.330 e. The second-order valence-electron chi connectivity index (χ2n) is 4.74. The van der Waals surface area contributed by atoms with Gasteiger partial charge in [0, 0.05) is 19.7 Å². The minimum absolute atomic E-state index is 0.171. The van der Waals surface area contributed by atoms with Crippen LogP contribution < -0.4 is 22.3 Å². The van der Waals surface area contributed by atoms with E-state index in [-0.39, 0.29) is 18.1 Å². The number of H-pyrrole nitrogens is 1. The fourth-order valence-corrected chi connectivity index (χ4v) is 1.92. The number of hydrogen-bond donors (Lipinski definition) is 4. The van der Waals surface area contributed by atoms with Crippen LogP contribution in [0.3, 0.4) is 0 Å². The Morgan fingerprint density at radius 3 is 2.65 bits per heavy atom.